The summed E-state index contributed by atoms with van der Waals surface area (Å²) in [7, 11) is 0. The third-order valence-corrected chi connectivity index (χ3v) is 1.61. The van der Waals surface area contributed by atoms with Gasteiger partial charge in [0.15, 0.2) is 0 Å². The third-order valence-electron chi connectivity index (χ3n) is 1.23. The molecule has 0 amide bonds. The van der Waals surface area contributed by atoms with E-state index in [1.54, 1.807) is 6.08 Å². The van der Waals surface area contributed by atoms with Crippen molar-refractivity contribution in [2.75, 3.05) is 0 Å². The molecular weight excluding hydrogens is 169 g/mol. The number of hydrogen-bond donors (Lipinski definition) is 0. The lowest BCUT2D eigenvalue weighted by Crippen LogP contribution is -1.58. The van der Waals surface area contributed by atoms with Crippen molar-refractivity contribution in [1.29, 1.82) is 5.26 Å². The smallest absolute Gasteiger partial charge is 0.116 e. The van der Waals surface area contributed by atoms with Crippen molar-refractivity contribution in [3.05, 3.63) is 33.9 Å². The molecule has 0 spiro atoms. The quantitative estimate of drug-likeness (QED) is 0.596. The molecule has 1 rings (SSSR count). The largest absolute Gasteiger partial charge is 0.192 e. The Kier molecular flexibility index (Phi) is 1.85. The summed E-state index contributed by atoms with van der Waals surface area (Å²) in [5.74, 6) is 0. The van der Waals surface area contributed by atoms with Gasteiger partial charge in [0, 0.05) is 11.1 Å². The first kappa shape index (κ1) is 7.40. The van der Waals surface area contributed by atoms with Gasteiger partial charge in [0.2, 0.25) is 0 Å². The molecule has 0 saturated carbocycles. The average Bonchev–Trinajstić information content (AvgIpc) is 2.60. The van der Waals surface area contributed by atoms with Gasteiger partial charge in [-0.3, -0.25) is 0 Å². The Morgan fingerprint density at radius 3 is 2.30 bits per heavy atom. The third kappa shape index (κ3) is 0.965. The predicted octanol–water partition coefficient (Wildman–Crippen LogP) is 2.70. The van der Waals surface area contributed by atoms with Gasteiger partial charge in [-0.15, -0.1) is 0 Å². The first-order valence-corrected chi connectivity index (χ1v) is 3.30. The Morgan fingerprint density at radius 1 is 1.60 bits per heavy atom. The molecule has 1 aliphatic carbocycles. The van der Waals surface area contributed by atoms with Crippen LogP contribution in [0.15, 0.2) is 33.9 Å². The van der Waals surface area contributed by atoms with E-state index in [0.29, 0.717) is 11.1 Å². The standard InChI is InChI=1S/C7H3Cl2N/c1-2-4-5(3-10)6(4)7(8)9/h2H,1H2. The first-order valence-electron chi connectivity index (χ1n) is 2.55. The van der Waals surface area contributed by atoms with Crippen molar-refractivity contribution >= 4 is 23.2 Å². The molecule has 0 bridgehead atoms. The molecule has 0 atom stereocenters. The maximum absolute atomic E-state index is 8.42. The summed E-state index contributed by atoms with van der Waals surface area (Å²) in [5, 5.41) is 8.42. The summed E-state index contributed by atoms with van der Waals surface area (Å²) in [4.78, 5) is 0. The molecule has 0 aliphatic heterocycles. The van der Waals surface area contributed by atoms with Crippen molar-refractivity contribution in [1.82, 2.24) is 0 Å². The zero-order valence-corrected chi connectivity index (χ0v) is 6.50. The highest BCUT2D eigenvalue weighted by atomic mass is 35.5. The van der Waals surface area contributed by atoms with Crippen LogP contribution in [-0.4, -0.2) is 0 Å². The van der Waals surface area contributed by atoms with Gasteiger partial charge in [0.05, 0.1) is 5.57 Å². The maximum atomic E-state index is 8.42. The highest BCUT2D eigenvalue weighted by Crippen LogP contribution is 2.43. The van der Waals surface area contributed by atoms with Crippen LogP contribution in [0.1, 0.15) is 0 Å². The molecule has 0 fully saturated rings. The van der Waals surface area contributed by atoms with E-state index in [1.807, 2.05) is 6.07 Å². The molecule has 0 N–H and O–H groups in total. The molecule has 50 valence electrons. The number of rotatable bonds is 1. The molecule has 1 nitrogen and oxygen atoms in total. The number of allylic oxidation sites excluding steroid dienone is 4. The minimum Gasteiger partial charge on any atom is -0.192 e. The van der Waals surface area contributed by atoms with Gasteiger partial charge < -0.3 is 0 Å². The second kappa shape index (κ2) is 2.49. The van der Waals surface area contributed by atoms with Gasteiger partial charge in [0.25, 0.3) is 0 Å². The molecule has 0 saturated heterocycles. The fourth-order valence-electron chi connectivity index (χ4n) is 0.719. The lowest BCUT2D eigenvalue weighted by molar-refractivity contribution is 1.52. The number of nitriles is 1. The molecule has 0 unspecified atom stereocenters. The van der Waals surface area contributed by atoms with Crippen molar-refractivity contribution in [3.8, 4) is 6.07 Å². The van der Waals surface area contributed by atoms with Crippen LogP contribution in [0, 0.1) is 11.3 Å². The Balaban J connectivity index is 2.97. The fraction of sp³-hybridized carbons (Fsp3) is 0. The molecule has 3 heteroatoms. The van der Waals surface area contributed by atoms with E-state index >= 15 is 0 Å². The van der Waals surface area contributed by atoms with Gasteiger partial charge in [-0.05, 0) is 0 Å². The molecule has 1 aliphatic rings. The Labute approximate surface area is 68.9 Å². The highest BCUT2D eigenvalue weighted by molar-refractivity contribution is 6.57. The van der Waals surface area contributed by atoms with Crippen LogP contribution in [0.25, 0.3) is 0 Å². The highest BCUT2D eigenvalue weighted by Gasteiger charge is 2.29. The Bertz CT molecular complexity index is 287. The number of hydrogen-bond acceptors (Lipinski definition) is 1. The summed E-state index contributed by atoms with van der Waals surface area (Å²) in [5.41, 5.74) is 1.96. The normalized spacial score (nSPS) is 14.7. The van der Waals surface area contributed by atoms with E-state index < -0.39 is 0 Å². The van der Waals surface area contributed by atoms with Crippen molar-refractivity contribution in [2.24, 2.45) is 0 Å². The summed E-state index contributed by atoms with van der Waals surface area (Å²) >= 11 is 10.9. The van der Waals surface area contributed by atoms with Gasteiger partial charge in [-0.25, -0.2) is 0 Å². The molecule has 0 aromatic rings. The Hall–Kier alpha value is -0.710. The van der Waals surface area contributed by atoms with E-state index in [0.717, 1.165) is 5.57 Å². The Morgan fingerprint density at radius 2 is 2.20 bits per heavy atom. The molecule has 0 radical (unpaired) electrons. The van der Waals surface area contributed by atoms with E-state index in [4.69, 9.17) is 28.5 Å². The van der Waals surface area contributed by atoms with Crippen molar-refractivity contribution in [2.45, 2.75) is 0 Å². The van der Waals surface area contributed by atoms with E-state index in [-0.39, 0.29) is 4.49 Å². The molecule has 0 aromatic carbocycles. The van der Waals surface area contributed by atoms with E-state index in [9.17, 15) is 0 Å². The van der Waals surface area contributed by atoms with Crippen LogP contribution < -0.4 is 0 Å². The molecule has 0 heterocycles. The second-order valence-corrected chi connectivity index (χ2v) is 2.69. The average molecular weight is 172 g/mol. The van der Waals surface area contributed by atoms with E-state index in [1.165, 1.54) is 0 Å². The van der Waals surface area contributed by atoms with Crippen molar-refractivity contribution in [3.63, 3.8) is 0 Å². The number of nitrogens with zero attached hydrogens (tertiary/aromatic N) is 1. The minimum absolute atomic E-state index is 0.145. The van der Waals surface area contributed by atoms with Gasteiger partial charge in [0.1, 0.15) is 10.6 Å². The molecular formula is C7H3Cl2N. The topological polar surface area (TPSA) is 23.8 Å². The zero-order chi connectivity index (χ0) is 7.72. The lowest BCUT2D eigenvalue weighted by atomic mass is 10.4. The van der Waals surface area contributed by atoms with Gasteiger partial charge in [-0.2, -0.15) is 5.26 Å². The van der Waals surface area contributed by atoms with Gasteiger partial charge in [-0.1, -0.05) is 35.9 Å². The van der Waals surface area contributed by atoms with Crippen LogP contribution in [0.4, 0.5) is 0 Å². The van der Waals surface area contributed by atoms with Crippen molar-refractivity contribution < 1.29 is 0 Å². The van der Waals surface area contributed by atoms with Crippen LogP contribution in [-0.2, 0) is 0 Å². The van der Waals surface area contributed by atoms with Crippen LogP contribution in [0.5, 0.6) is 0 Å². The molecule has 10 heavy (non-hydrogen) atoms. The monoisotopic (exact) mass is 171 g/mol. The van der Waals surface area contributed by atoms with Crippen LogP contribution >= 0.6 is 23.2 Å². The fourth-order valence-corrected chi connectivity index (χ4v) is 1.11. The number of halogens is 2. The zero-order valence-electron chi connectivity index (χ0n) is 4.99. The summed E-state index contributed by atoms with van der Waals surface area (Å²) in [6.07, 6.45) is 1.57. The maximum Gasteiger partial charge on any atom is 0.116 e. The summed E-state index contributed by atoms with van der Waals surface area (Å²) in [6, 6.07) is 1.95. The lowest BCUT2D eigenvalue weighted by Gasteiger charge is -1.77. The first-order chi connectivity index (χ1) is 4.72. The van der Waals surface area contributed by atoms with Gasteiger partial charge >= 0.3 is 0 Å². The summed E-state index contributed by atoms with van der Waals surface area (Å²) < 4.78 is 0.145. The van der Waals surface area contributed by atoms with Crippen LogP contribution in [0.3, 0.4) is 0 Å². The SMILES string of the molecule is C=CC1=C(C#N)C1=C(Cl)Cl. The summed E-state index contributed by atoms with van der Waals surface area (Å²) in [6.45, 7) is 3.49. The molecule has 0 aromatic heterocycles. The minimum atomic E-state index is 0.145. The van der Waals surface area contributed by atoms with Crippen LogP contribution in [0.2, 0.25) is 0 Å². The predicted molar refractivity (Wildman–Crippen MR) is 41.6 cm³/mol. The second-order valence-electron chi connectivity index (χ2n) is 1.74. The van der Waals surface area contributed by atoms with E-state index in [2.05, 4.69) is 6.58 Å².